The van der Waals surface area contributed by atoms with Crippen molar-refractivity contribution in [2.75, 3.05) is 0 Å². The summed E-state index contributed by atoms with van der Waals surface area (Å²) >= 11 is 0. The van der Waals surface area contributed by atoms with Crippen molar-refractivity contribution in [3.8, 4) is 137 Å². The van der Waals surface area contributed by atoms with Crippen LogP contribution in [0.4, 0.5) is 0 Å². The van der Waals surface area contributed by atoms with E-state index in [0.717, 1.165) is 131 Å². The number of nitrogens with zero attached hydrogens (tertiary/aromatic N) is 24. The molecule has 15 heterocycles. The number of fused-ring (bicyclic) bond motifs is 60. The van der Waals surface area contributed by atoms with Crippen LogP contribution in [0.2, 0.25) is 0 Å². The zero-order valence-corrected chi connectivity index (χ0v) is 66.5. The summed E-state index contributed by atoms with van der Waals surface area (Å²) in [6.45, 7) is 0. The summed E-state index contributed by atoms with van der Waals surface area (Å²) in [5, 5.41) is 10.7. The molecular weight excluding hydrogens is 1670 g/mol. The van der Waals surface area contributed by atoms with E-state index in [4.69, 9.17) is 120 Å². The van der Waals surface area contributed by atoms with E-state index < -0.39 is 0 Å². The molecule has 27 rings (SSSR count). The molecule has 580 valence electrons. The predicted octanol–water partition coefficient (Wildman–Crippen LogP) is 18.4. The fraction of sp³-hybridized carbons (Fsp3) is 0. The van der Waals surface area contributed by atoms with E-state index in [1.165, 1.54) is 0 Å². The second-order valence-corrected chi connectivity index (χ2v) is 29.0. The minimum atomic E-state index is 0. The average Bonchev–Trinajstić information content (AvgIpc) is 1.61. The van der Waals surface area contributed by atoms with Gasteiger partial charge in [0.15, 0.2) is 0 Å². The van der Waals surface area contributed by atoms with Crippen LogP contribution in [0.3, 0.4) is 0 Å². The number of aromatic nitrogens is 24. The number of hydrogen-bond acceptors (Lipinski definition) is 18. The molecule has 0 aliphatic carbocycles. The zero-order chi connectivity index (χ0) is 78.6. The zero-order valence-electron chi connectivity index (χ0n) is 63.4. The van der Waals surface area contributed by atoms with Crippen molar-refractivity contribution < 1.29 is 50.9 Å². The van der Waals surface area contributed by atoms with Crippen LogP contribution in [0, 0.1) is 0 Å². The molecule has 9 aromatic heterocycles. The van der Waals surface area contributed by atoms with Gasteiger partial charge in [-0.2, -0.15) is 0 Å². The van der Waals surface area contributed by atoms with Crippen molar-refractivity contribution in [1.82, 2.24) is 120 Å². The van der Waals surface area contributed by atoms with Gasteiger partial charge in [0.2, 0.25) is 0 Å². The standard InChI is InChI=1S/3C32H16N8.Co.Cu.Fe/c3*1-2-10-18-17(9-1)25-33-26(18)38-28-21-13-5-6-14-22(21)30(35-28)40-32-24-16-8-7-15-23(24)31(36-32)39-29-20-12-4-3-11-19(20)27(34-29)37-25;;;/h3*1-16H;;;/q3*-2;3*+2. The van der Waals surface area contributed by atoms with Gasteiger partial charge in [0.1, 0.15) is 0 Å². The first kappa shape index (κ1) is 73.6. The van der Waals surface area contributed by atoms with Crippen LogP contribution in [-0.2, 0) is 50.9 Å². The van der Waals surface area contributed by atoms with Crippen molar-refractivity contribution >= 4 is 132 Å². The summed E-state index contributed by atoms with van der Waals surface area (Å²) in [7, 11) is 0. The first-order valence-corrected chi connectivity index (χ1v) is 38.7. The number of hydrogen-bond donors (Lipinski definition) is 0. The second kappa shape index (κ2) is 29.4. The minimum absolute atomic E-state index is 0. The van der Waals surface area contributed by atoms with Gasteiger partial charge in [0.25, 0.3) is 0 Å². The molecule has 0 spiro atoms. The van der Waals surface area contributed by atoms with Gasteiger partial charge in [-0.3, -0.25) is 0 Å². The SMILES string of the molecule is [Co+2].[Cu+2].[Fe+2].c1ccc2c(c1)-c1nc-2nc2[n-]c(nc3nc(nc4[n-]c(n1)c1ccccc41)-c1ccccc1-3)c1ccccc21.c1ccc2c(c1)-c1nc-2nc2[n-]c(nc3nc(nc4[n-]c(n1)c1ccccc41)-c1ccccc1-3)c1ccccc21.c1ccc2c(c1)-c1nc-2nc2[n-]c(nc3nc(nc4[n-]c(n1)c1ccccc41)-c1ccccc1-3)c1ccccc21. The predicted molar refractivity (Wildman–Crippen MR) is 462 cm³/mol. The van der Waals surface area contributed by atoms with Gasteiger partial charge >= 0.3 is 50.9 Å². The molecule has 0 fully saturated rings. The molecule has 123 heavy (non-hydrogen) atoms. The quantitative estimate of drug-likeness (QED) is 0.127. The normalized spacial score (nSPS) is 11.7. The maximum atomic E-state index is 4.95. The Morgan fingerprint density at radius 3 is 0.293 bits per heavy atom. The van der Waals surface area contributed by atoms with Gasteiger partial charge in [-0.15, -0.1) is 0 Å². The van der Waals surface area contributed by atoms with Gasteiger partial charge in [-0.1, -0.05) is 291 Å². The molecular formula is C96H48CoCuFeN24. The molecule has 2 radical (unpaired) electrons. The van der Waals surface area contributed by atoms with Crippen molar-refractivity contribution in [3.63, 3.8) is 0 Å². The Morgan fingerprint density at radius 1 is 0.122 bits per heavy atom. The summed E-state index contributed by atoms with van der Waals surface area (Å²) < 4.78 is 0. The molecule has 21 aromatic rings. The number of rotatable bonds is 0. The molecule has 0 unspecified atom stereocenters. The van der Waals surface area contributed by atoms with E-state index in [1.54, 1.807) is 0 Å². The fourth-order valence-electron chi connectivity index (χ4n) is 16.4. The summed E-state index contributed by atoms with van der Waals surface area (Å²) in [6, 6.07) is 95.5. The molecule has 6 aliphatic rings. The second-order valence-electron chi connectivity index (χ2n) is 29.0. The third-order valence-corrected chi connectivity index (χ3v) is 22.0. The van der Waals surface area contributed by atoms with Crippen LogP contribution in [0.1, 0.15) is 0 Å². The molecule has 27 heteroatoms. The molecule has 12 aromatic carbocycles. The Balaban J connectivity index is 0.000000109. The van der Waals surface area contributed by atoms with Crippen LogP contribution in [0.25, 0.3) is 269 Å². The van der Waals surface area contributed by atoms with E-state index in [9.17, 15) is 0 Å². The third kappa shape index (κ3) is 12.2. The van der Waals surface area contributed by atoms with E-state index in [2.05, 4.69) is 0 Å². The molecule has 0 saturated carbocycles. The van der Waals surface area contributed by atoms with E-state index in [1.807, 2.05) is 291 Å². The van der Waals surface area contributed by atoms with Crippen molar-refractivity contribution in [1.29, 1.82) is 0 Å². The van der Waals surface area contributed by atoms with Crippen LogP contribution >= 0.6 is 0 Å². The van der Waals surface area contributed by atoms with Crippen molar-refractivity contribution in [2.24, 2.45) is 0 Å². The fourth-order valence-corrected chi connectivity index (χ4v) is 16.4. The molecule has 24 bridgehead atoms. The van der Waals surface area contributed by atoms with Crippen LogP contribution < -0.4 is 29.9 Å². The summed E-state index contributed by atoms with van der Waals surface area (Å²) in [4.78, 5) is 118. The van der Waals surface area contributed by atoms with Crippen molar-refractivity contribution in [3.05, 3.63) is 291 Å². The van der Waals surface area contributed by atoms with E-state index in [-0.39, 0.29) is 50.9 Å². The van der Waals surface area contributed by atoms with Crippen LogP contribution in [-0.4, -0.2) is 89.7 Å². The van der Waals surface area contributed by atoms with Gasteiger partial charge in [-0.05, 0) is 64.6 Å². The maximum absolute atomic E-state index is 4.95. The largest absolute Gasteiger partial charge is 2.00 e. The Hall–Kier alpha value is -15.7. The smallest absolute Gasteiger partial charge is 0.357 e. The number of benzene rings is 12. The Kier molecular flexibility index (Phi) is 17.6. The van der Waals surface area contributed by atoms with E-state index in [0.29, 0.717) is 138 Å². The Bertz CT molecular complexity index is 6900. The molecule has 0 saturated heterocycles. The molecule has 24 nitrogen and oxygen atoms in total. The first-order chi connectivity index (χ1) is 59.4. The monoisotopic (exact) mass is 1710 g/mol. The average molecular weight is 1720 g/mol. The Morgan fingerprint density at radius 2 is 0.203 bits per heavy atom. The van der Waals surface area contributed by atoms with Gasteiger partial charge in [0.05, 0.1) is 69.9 Å². The summed E-state index contributed by atoms with van der Waals surface area (Å²) in [5.41, 5.74) is 17.3. The molecule has 0 N–H and O–H groups in total. The maximum Gasteiger partial charge on any atom is 2.00 e. The Labute approximate surface area is 725 Å². The van der Waals surface area contributed by atoms with Gasteiger partial charge in [0, 0.05) is 135 Å². The van der Waals surface area contributed by atoms with Gasteiger partial charge < -0.3 is 89.7 Å². The minimum Gasteiger partial charge on any atom is -0.357 e. The molecule has 0 amide bonds. The first-order valence-electron chi connectivity index (χ1n) is 38.7. The van der Waals surface area contributed by atoms with Crippen LogP contribution in [0.15, 0.2) is 291 Å². The topological polar surface area (TPSA) is 317 Å². The van der Waals surface area contributed by atoms with Gasteiger partial charge in [-0.25, -0.2) is 29.9 Å². The molecule has 6 aliphatic heterocycles. The summed E-state index contributed by atoms with van der Waals surface area (Å²) in [5.74, 6) is 6.62. The molecule has 0 atom stereocenters. The van der Waals surface area contributed by atoms with E-state index >= 15 is 0 Å². The summed E-state index contributed by atoms with van der Waals surface area (Å²) in [6.07, 6.45) is 0. The van der Waals surface area contributed by atoms with Crippen LogP contribution in [0.5, 0.6) is 0 Å². The third-order valence-electron chi connectivity index (χ3n) is 22.0. The van der Waals surface area contributed by atoms with Crippen molar-refractivity contribution in [2.45, 2.75) is 0 Å².